The van der Waals surface area contributed by atoms with Crippen LogP contribution in [0.4, 0.5) is 34.1 Å². The van der Waals surface area contributed by atoms with Crippen LogP contribution in [0.25, 0.3) is 150 Å². The highest BCUT2D eigenvalue weighted by Crippen LogP contribution is 2.57. The van der Waals surface area contributed by atoms with Gasteiger partial charge in [0.1, 0.15) is 0 Å². The van der Waals surface area contributed by atoms with Crippen molar-refractivity contribution < 1.29 is 11.0 Å². The van der Waals surface area contributed by atoms with E-state index in [9.17, 15) is 11.0 Å². The van der Waals surface area contributed by atoms with Gasteiger partial charge in [-0.2, -0.15) is 0 Å². The maximum Gasteiger partial charge on any atom is 0.252 e. The first-order valence-corrected chi connectivity index (χ1v) is 46.3. The van der Waals surface area contributed by atoms with Crippen LogP contribution in [0.2, 0.25) is 0 Å². The largest absolute Gasteiger partial charge is 0.310 e. The Bertz CT molecular complexity index is 8240. The third kappa shape index (κ3) is 14.0. The highest BCUT2D eigenvalue weighted by molar-refractivity contribution is 7.00. The molecule has 16 aromatic carbocycles. The molecule has 0 radical (unpaired) electrons. The molecule has 132 heavy (non-hydrogen) atoms. The molecule has 0 saturated heterocycles. The van der Waals surface area contributed by atoms with Gasteiger partial charge in [-0.05, 0) is 220 Å². The third-order valence-corrected chi connectivity index (χ3v) is 27.4. The van der Waals surface area contributed by atoms with E-state index < -0.39 is 65.9 Å². The molecule has 0 bridgehead atoms. The summed E-state index contributed by atoms with van der Waals surface area (Å²) >= 11 is 0. The van der Waals surface area contributed by atoms with E-state index in [0.29, 0.717) is 28.8 Å². The summed E-state index contributed by atoms with van der Waals surface area (Å²) in [6.07, 6.45) is 0. The average Bonchev–Trinajstić information content (AvgIpc) is 0.770. The summed E-state index contributed by atoms with van der Waals surface area (Å²) in [6.45, 7) is 40.4. The lowest BCUT2D eigenvalue weighted by atomic mass is 9.33. The van der Waals surface area contributed by atoms with Gasteiger partial charge in [0.25, 0.3) is 6.71 Å². The average molecular weight is 1720 g/mol. The summed E-state index contributed by atoms with van der Waals surface area (Å²) in [5.41, 5.74) is 27.1. The SMILES string of the molecule is [2H]c1c([2H])c([2H])c2c(c1[2H])c1c([2H])c([2H])c([2H])c([2H])c1n2-c1ccc2c(c1)N(c1c(-c3ccccc3)cc(C(C)(C)C)cc1-c1ccccc1)c1cc(-n3c4ccc(C(C)(C)C)cc4c4cc(C(C)(C)C)ccc43)cc3c1B2c1ccc(-n2c4ccc(C(C)(C)C)cc4c4cc(C(C)(C)C)ccc42)cc1N3c1c(-c2ccccc2)cc(C(C)(C)C)cc1-c1nc(-c2ccccc2)nc(-c2ccccc2)n1. The van der Waals surface area contributed by atoms with E-state index in [1.165, 1.54) is 22.3 Å². The summed E-state index contributed by atoms with van der Waals surface area (Å²) < 4.78 is 84.6. The van der Waals surface area contributed by atoms with E-state index in [1.54, 1.807) is 4.57 Å². The van der Waals surface area contributed by atoms with Gasteiger partial charge in [-0.25, -0.2) is 15.0 Å². The van der Waals surface area contributed by atoms with Gasteiger partial charge in [0.05, 0.1) is 61.1 Å². The van der Waals surface area contributed by atoms with Crippen molar-refractivity contribution in [1.82, 2.24) is 28.7 Å². The number of rotatable bonds is 11. The maximum atomic E-state index is 10.2. The summed E-state index contributed by atoms with van der Waals surface area (Å²) in [6, 6.07) is 105. The van der Waals surface area contributed by atoms with Crippen molar-refractivity contribution in [2.75, 3.05) is 9.80 Å². The lowest BCUT2D eigenvalue weighted by molar-refractivity contribution is 0.590. The molecule has 0 N–H and O–H groups in total. The van der Waals surface area contributed by atoms with Gasteiger partial charge in [-0.15, -0.1) is 0 Å². The lowest BCUT2D eigenvalue weighted by Crippen LogP contribution is -2.61. The zero-order valence-electron chi connectivity index (χ0n) is 86.4. The van der Waals surface area contributed by atoms with Gasteiger partial charge in [-0.1, -0.05) is 349 Å². The monoisotopic (exact) mass is 1720 g/mol. The van der Waals surface area contributed by atoms with Crippen LogP contribution in [0.1, 0.15) is 169 Å². The fourth-order valence-electron chi connectivity index (χ4n) is 20.2. The molecule has 2 aliphatic heterocycles. The van der Waals surface area contributed by atoms with Crippen LogP contribution in [0.3, 0.4) is 0 Å². The fourth-order valence-corrected chi connectivity index (χ4v) is 20.2. The van der Waals surface area contributed by atoms with Crippen molar-refractivity contribution in [3.05, 3.63) is 379 Å². The van der Waals surface area contributed by atoms with Gasteiger partial charge in [0, 0.05) is 99.8 Å². The molecule has 8 nitrogen and oxygen atoms in total. The molecule has 0 unspecified atom stereocenters. The van der Waals surface area contributed by atoms with Crippen molar-refractivity contribution in [3.63, 3.8) is 0 Å². The standard InChI is InChI=1S/C123H111BN8/c1-118(2,3)81-52-60-104-95(64-81)96-65-82(119(4,5)6)53-61-105(96)129(104)88-57-59-101-109(73-88)132(114-94(78-42-28-21-29-43-78)70-86(123(16,17)18)71-99(114)117-126-115(79-44-30-22-31-45-79)125-116(127-117)80-46-32-23-33-47-80)111-75-89(130-106-62-54-83(120(7,8)9)66-97(106)98-67-84(121(10,11)12)55-63-107(98)130)74-110-112(111)124(101)100-58-56-87(128-102-50-36-34-48-90(102)91-49-35-37-51-103(91)128)72-108(100)131(110)113-92(76-38-24-19-25-39-76)68-85(122(13,14)15)69-93(113)77-40-26-20-27-41-77/h19-75H,1-18H3/i34D,35D,36D,37D,48D,49D,50D,51D. The van der Waals surface area contributed by atoms with Crippen LogP contribution in [0.15, 0.2) is 346 Å². The highest BCUT2D eigenvalue weighted by Gasteiger charge is 2.47. The number of fused-ring (bicyclic) bond motifs is 13. The Hall–Kier alpha value is -14.4. The van der Waals surface area contributed by atoms with Crippen LogP contribution >= 0.6 is 0 Å². The second-order valence-electron chi connectivity index (χ2n) is 42.3. The number of hydrogen-bond donors (Lipinski definition) is 0. The molecule has 0 spiro atoms. The van der Waals surface area contributed by atoms with Crippen molar-refractivity contribution in [2.24, 2.45) is 0 Å². The quantitative estimate of drug-likeness (QED) is 0.121. The molecule has 4 aromatic heterocycles. The molecule has 22 rings (SSSR count). The Balaban J connectivity index is 0.992. The molecule has 646 valence electrons. The summed E-state index contributed by atoms with van der Waals surface area (Å²) in [5, 5.41) is 4.44. The first-order valence-electron chi connectivity index (χ1n) is 50.3. The number of nitrogens with zero attached hydrogens (tertiary/aromatic N) is 8. The van der Waals surface area contributed by atoms with Crippen molar-refractivity contribution >= 4 is 123 Å². The van der Waals surface area contributed by atoms with Crippen molar-refractivity contribution in [2.45, 2.75) is 157 Å². The predicted octanol–water partition coefficient (Wildman–Crippen LogP) is 31.0. The van der Waals surface area contributed by atoms with E-state index in [-0.39, 0.29) is 43.5 Å². The van der Waals surface area contributed by atoms with Crippen LogP contribution in [0.5, 0.6) is 0 Å². The van der Waals surface area contributed by atoms with Crippen molar-refractivity contribution in [1.29, 1.82) is 0 Å². The van der Waals surface area contributed by atoms with Gasteiger partial charge in [-0.3, -0.25) is 0 Å². The number of anilines is 6. The van der Waals surface area contributed by atoms with Gasteiger partial charge in [0.2, 0.25) is 0 Å². The molecule has 0 fully saturated rings. The molecular weight excluding hydrogens is 1600 g/mol. The van der Waals surface area contributed by atoms with Gasteiger partial charge in [0.15, 0.2) is 17.5 Å². The maximum absolute atomic E-state index is 10.2. The number of hydrogen-bond acceptors (Lipinski definition) is 5. The van der Waals surface area contributed by atoms with Crippen LogP contribution < -0.4 is 26.2 Å². The topological polar surface area (TPSA) is 59.9 Å². The second kappa shape index (κ2) is 30.6. The summed E-state index contributed by atoms with van der Waals surface area (Å²) in [4.78, 5) is 22.3. The molecule has 0 aliphatic carbocycles. The normalized spacial score (nSPS) is 14.0. The van der Waals surface area contributed by atoms with E-state index in [2.05, 4.69) is 398 Å². The van der Waals surface area contributed by atoms with Crippen LogP contribution in [0, 0.1) is 0 Å². The molecule has 6 heterocycles. The number of benzene rings is 16. The highest BCUT2D eigenvalue weighted by atomic mass is 15.2. The van der Waals surface area contributed by atoms with Gasteiger partial charge < -0.3 is 23.5 Å². The first kappa shape index (κ1) is 74.4. The Morgan fingerprint density at radius 2 is 0.515 bits per heavy atom. The fraction of sp³-hybridized carbons (Fsp3) is 0.195. The number of para-hydroxylation sites is 2. The first-order chi connectivity index (χ1) is 66.6. The van der Waals surface area contributed by atoms with E-state index >= 15 is 0 Å². The van der Waals surface area contributed by atoms with Crippen molar-refractivity contribution in [3.8, 4) is 84.6 Å². The Kier molecular flexibility index (Phi) is 17.3. The molecule has 0 saturated carbocycles. The summed E-state index contributed by atoms with van der Waals surface area (Å²) in [7, 11) is 0. The zero-order valence-corrected chi connectivity index (χ0v) is 78.4. The Morgan fingerprint density at radius 1 is 0.235 bits per heavy atom. The van der Waals surface area contributed by atoms with Crippen LogP contribution in [-0.2, 0) is 32.5 Å². The van der Waals surface area contributed by atoms with E-state index in [4.69, 9.17) is 15.0 Å². The van der Waals surface area contributed by atoms with Crippen LogP contribution in [-0.4, -0.2) is 35.4 Å². The van der Waals surface area contributed by atoms with Gasteiger partial charge >= 0.3 is 0 Å². The zero-order chi connectivity index (χ0) is 98.1. The molecule has 0 atom stereocenters. The summed E-state index contributed by atoms with van der Waals surface area (Å²) in [5.74, 6) is 1.46. The Morgan fingerprint density at radius 3 is 0.848 bits per heavy atom. The second-order valence-corrected chi connectivity index (χ2v) is 42.3. The molecule has 2 aliphatic rings. The molecular formula is C123H111BN8. The predicted molar refractivity (Wildman–Crippen MR) is 562 cm³/mol. The minimum absolute atomic E-state index is 0.0123. The minimum Gasteiger partial charge on any atom is -0.310 e. The lowest BCUT2D eigenvalue weighted by Gasteiger charge is -2.46. The molecule has 9 heteroatoms. The molecule has 20 aromatic rings. The minimum atomic E-state index is -0.677. The Labute approximate surface area is 788 Å². The molecule has 0 amide bonds. The van der Waals surface area contributed by atoms with E-state index in [0.717, 1.165) is 161 Å². The van der Waals surface area contributed by atoms with E-state index in [1.807, 2.05) is 42.5 Å². The number of aromatic nitrogens is 6. The third-order valence-electron chi connectivity index (χ3n) is 27.4. The smallest absolute Gasteiger partial charge is 0.252 e.